The lowest BCUT2D eigenvalue weighted by atomic mass is 9.85. The van der Waals surface area contributed by atoms with Gasteiger partial charge in [-0.15, -0.1) is 0 Å². The van der Waals surface area contributed by atoms with Crippen molar-refractivity contribution < 1.29 is 24.5 Å². The van der Waals surface area contributed by atoms with Crippen molar-refractivity contribution in [1.82, 2.24) is 0 Å². The minimum Gasteiger partial charge on any atom is -0.504 e. The number of rotatable bonds is 3. The third-order valence-electron chi connectivity index (χ3n) is 2.60. The number of aromatic hydroxyl groups is 1. The van der Waals surface area contributed by atoms with Crippen molar-refractivity contribution >= 4 is 11.8 Å². The monoisotopic (exact) mass is 252 g/mol. The molecule has 0 saturated heterocycles. The third-order valence-corrected chi connectivity index (χ3v) is 2.60. The minimum absolute atomic E-state index is 0.0898. The standard InChI is InChI=1S/C13H16O5/c1-13(2,3)7-5-8(11(15)12(16)17)10(14)9(6-7)18-4/h5-6,14H,1-4H3,(H,16,17). The van der Waals surface area contributed by atoms with E-state index in [1.165, 1.54) is 13.2 Å². The highest BCUT2D eigenvalue weighted by molar-refractivity contribution is 6.40. The van der Waals surface area contributed by atoms with Crippen LogP contribution in [-0.2, 0) is 10.2 Å². The van der Waals surface area contributed by atoms with E-state index < -0.39 is 17.5 Å². The highest BCUT2D eigenvalue weighted by Gasteiger charge is 2.25. The molecule has 1 rings (SSSR count). The first kappa shape index (κ1) is 14.0. The van der Waals surface area contributed by atoms with Crippen LogP contribution >= 0.6 is 0 Å². The summed E-state index contributed by atoms with van der Waals surface area (Å²) in [7, 11) is 1.34. The molecule has 0 atom stereocenters. The van der Waals surface area contributed by atoms with Crippen molar-refractivity contribution in [2.75, 3.05) is 7.11 Å². The summed E-state index contributed by atoms with van der Waals surface area (Å²) in [5.74, 6) is -3.12. The van der Waals surface area contributed by atoms with Gasteiger partial charge in [0.2, 0.25) is 0 Å². The van der Waals surface area contributed by atoms with Crippen LogP contribution in [0.15, 0.2) is 12.1 Å². The third kappa shape index (κ3) is 2.61. The molecule has 0 unspecified atom stereocenters. The summed E-state index contributed by atoms with van der Waals surface area (Å²) in [4.78, 5) is 22.2. The van der Waals surface area contributed by atoms with Gasteiger partial charge in [-0.2, -0.15) is 0 Å². The normalized spacial score (nSPS) is 11.1. The number of methoxy groups -OCH3 is 1. The summed E-state index contributed by atoms with van der Waals surface area (Å²) in [6, 6.07) is 2.97. The van der Waals surface area contributed by atoms with Crippen LogP contribution < -0.4 is 4.74 Å². The molecule has 98 valence electrons. The molecule has 0 amide bonds. The Bertz CT molecular complexity index is 497. The highest BCUT2D eigenvalue weighted by atomic mass is 16.5. The molecule has 0 spiro atoms. The van der Waals surface area contributed by atoms with Crippen LogP contribution in [0.5, 0.6) is 11.5 Å². The van der Waals surface area contributed by atoms with Gasteiger partial charge in [0, 0.05) is 0 Å². The zero-order chi connectivity index (χ0) is 14.1. The summed E-state index contributed by atoms with van der Waals surface area (Å²) in [6.45, 7) is 5.73. The average Bonchev–Trinajstić information content (AvgIpc) is 2.26. The van der Waals surface area contributed by atoms with Gasteiger partial charge in [0.25, 0.3) is 5.78 Å². The maximum Gasteiger partial charge on any atom is 0.377 e. The van der Waals surface area contributed by atoms with E-state index in [-0.39, 0.29) is 16.7 Å². The lowest BCUT2D eigenvalue weighted by Gasteiger charge is -2.21. The SMILES string of the molecule is COc1cc(C(C)(C)C)cc(C(=O)C(=O)O)c1O. The molecule has 0 aromatic heterocycles. The van der Waals surface area contributed by atoms with Gasteiger partial charge < -0.3 is 14.9 Å². The van der Waals surface area contributed by atoms with Crippen LogP contribution in [0.4, 0.5) is 0 Å². The fourth-order valence-electron chi connectivity index (χ4n) is 1.48. The Morgan fingerprint density at radius 3 is 2.17 bits per heavy atom. The summed E-state index contributed by atoms with van der Waals surface area (Å²) in [6.07, 6.45) is 0. The number of ketones is 1. The number of carbonyl (C=O) groups is 2. The second-order valence-corrected chi connectivity index (χ2v) is 4.96. The van der Waals surface area contributed by atoms with Crippen LogP contribution in [0, 0.1) is 0 Å². The van der Waals surface area contributed by atoms with E-state index in [9.17, 15) is 14.7 Å². The van der Waals surface area contributed by atoms with Crippen LogP contribution in [0.2, 0.25) is 0 Å². The maximum atomic E-state index is 11.5. The fraction of sp³-hybridized carbons (Fsp3) is 0.385. The van der Waals surface area contributed by atoms with E-state index in [4.69, 9.17) is 9.84 Å². The molecule has 1 aromatic carbocycles. The predicted octanol–water partition coefficient (Wildman–Crippen LogP) is 1.97. The van der Waals surface area contributed by atoms with Gasteiger partial charge in [-0.1, -0.05) is 20.8 Å². The number of hydrogen-bond donors (Lipinski definition) is 2. The summed E-state index contributed by atoms with van der Waals surface area (Å²) < 4.78 is 4.96. The number of hydrogen-bond acceptors (Lipinski definition) is 4. The molecule has 0 aliphatic rings. The lowest BCUT2D eigenvalue weighted by Crippen LogP contribution is -2.17. The number of phenolic OH excluding ortho intramolecular Hbond substituents is 1. The van der Waals surface area contributed by atoms with E-state index in [0.717, 1.165) is 0 Å². The number of carbonyl (C=O) groups excluding carboxylic acids is 1. The highest BCUT2D eigenvalue weighted by Crippen LogP contribution is 2.36. The summed E-state index contributed by atoms with van der Waals surface area (Å²) in [5, 5.41) is 18.5. The topological polar surface area (TPSA) is 83.8 Å². The van der Waals surface area contributed by atoms with E-state index >= 15 is 0 Å². The zero-order valence-electron chi connectivity index (χ0n) is 10.8. The van der Waals surface area contributed by atoms with Gasteiger partial charge in [-0.25, -0.2) is 4.79 Å². The molecule has 0 bridgehead atoms. The number of phenols is 1. The van der Waals surface area contributed by atoms with Crippen molar-refractivity contribution in [3.63, 3.8) is 0 Å². The van der Waals surface area contributed by atoms with Crippen LogP contribution in [0.3, 0.4) is 0 Å². The molecule has 18 heavy (non-hydrogen) atoms. The number of carboxylic acids is 1. The summed E-state index contributed by atoms with van der Waals surface area (Å²) in [5.41, 5.74) is 0.155. The molecule has 0 aliphatic carbocycles. The van der Waals surface area contributed by atoms with Crippen molar-refractivity contribution in [3.05, 3.63) is 23.3 Å². The van der Waals surface area contributed by atoms with Gasteiger partial charge in [0.15, 0.2) is 11.5 Å². The van der Waals surface area contributed by atoms with E-state index in [1.54, 1.807) is 6.07 Å². The van der Waals surface area contributed by atoms with Gasteiger partial charge in [-0.3, -0.25) is 4.79 Å². The Morgan fingerprint density at radius 2 is 1.78 bits per heavy atom. The van der Waals surface area contributed by atoms with E-state index in [2.05, 4.69) is 0 Å². The zero-order valence-corrected chi connectivity index (χ0v) is 10.8. The van der Waals surface area contributed by atoms with Gasteiger partial charge in [-0.05, 0) is 23.1 Å². The number of benzene rings is 1. The Morgan fingerprint density at radius 1 is 1.22 bits per heavy atom. The van der Waals surface area contributed by atoms with Crippen molar-refractivity contribution in [3.8, 4) is 11.5 Å². The molecule has 5 heteroatoms. The van der Waals surface area contributed by atoms with Crippen molar-refractivity contribution in [1.29, 1.82) is 0 Å². The molecule has 0 heterocycles. The first-order valence-electron chi connectivity index (χ1n) is 5.37. The Labute approximate surface area is 105 Å². The second-order valence-electron chi connectivity index (χ2n) is 4.96. The smallest absolute Gasteiger partial charge is 0.377 e. The quantitative estimate of drug-likeness (QED) is 0.634. The predicted molar refractivity (Wildman–Crippen MR) is 65.3 cm³/mol. The molecular weight excluding hydrogens is 236 g/mol. The molecule has 0 radical (unpaired) electrons. The van der Waals surface area contributed by atoms with Crippen molar-refractivity contribution in [2.45, 2.75) is 26.2 Å². The number of carboxylic acid groups (broad SMARTS) is 1. The Hall–Kier alpha value is -2.04. The summed E-state index contributed by atoms with van der Waals surface area (Å²) >= 11 is 0. The molecule has 0 aliphatic heterocycles. The first-order chi connectivity index (χ1) is 8.18. The lowest BCUT2D eigenvalue weighted by molar-refractivity contribution is -0.131. The van der Waals surface area contributed by atoms with Crippen LogP contribution in [0.25, 0.3) is 0 Å². The Kier molecular flexibility index (Phi) is 3.65. The number of aliphatic carboxylic acids is 1. The Balaban J connectivity index is 3.51. The molecular formula is C13H16O5. The first-order valence-corrected chi connectivity index (χ1v) is 5.37. The maximum absolute atomic E-state index is 11.5. The average molecular weight is 252 g/mol. The van der Waals surface area contributed by atoms with Gasteiger partial charge in [0.05, 0.1) is 12.7 Å². The largest absolute Gasteiger partial charge is 0.504 e. The van der Waals surface area contributed by atoms with Crippen molar-refractivity contribution in [2.24, 2.45) is 0 Å². The second kappa shape index (κ2) is 4.68. The number of ether oxygens (including phenoxy) is 1. The van der Waals surface area contributed by atoms with Crippen LogP contribution in [0.1, 0.15) is 36.7 Å². The molecule has 0 saturated carbocycles. The van der Waals surface area contributed by atoms with E-state index in [1.807, 2.05) is 20.8 Å². The number of Topliss-reactive ketones (excluding diaryl/α,β-unsaturated/α-hetero) is 1. The molecule has 0 fully saturated rings. The van der Waals surface area contributed by atoms with E-state index in [0.29, 0.717) is 5.56 Å². The fourth-order valence-corrected chi connectivity index (χ4v) is 1.48. The van der Waals surface area contributed by atoms with Gasteiger partial charge in [0.1, 0.15) is 0 Å². The molecule has 5 nitrogen and oxygen atoms in total. The minimum atomic E-state index is -1.61. The molecule has 2 N–H and O–H groups in total. The molecule has 1 aromatic rings. The van der Waals surface area contributed by atoms with Gasteiger partial charge >= 0.3 is 5.97 Å². The van der Waals surface area contributed by atoms with Crippen LogP contribution in [-0.4, -0.2) is 29.1 Å².